The maximum Gasteiger partial charge on any atom is 0.330 e. The summed E-state index contributed by atoms with van der Waals surface area (Å²) in [5.74, 6) is 0.607. The van der Waals surface area contributed by atoms with Crippen molar-refractivity contribution >= 4 is 23.9 Å². The molecule has 190 valence electrons. The molecule has 0 fully saturated rings. The summed E-state index contributed by atoms with van der Waals surface area (Å²) >= 11 is 0. The van der Waals surface area contributed by atoms with Crippen molar-refractivity contribution in [2.75, 3.05) is 13.2 Å². The number of hydrogen-bond acceptors (Lipinski definition) is 4. The molecule has 2 aromatic rings. The van der Waals surface area contributed by atoms with Crippen LogP contribution in [0.3, 0.4) is 0 Å². The molecule has 0 aliphatic heterocycles. The maximum atomic E-state index is 11.8. The van der Waals surface area contributed by atoms with E-state index in [9.17, 15) is 4.79 Å². The van der Waals surface area contributed by atoms with E-state index in [1.807, 2.05) is 55.6 Å². The highest BCUT2D eigenvalue weighted by molar-refractivity contribution is 5.87. The van der Waals surface area contributed by atoms with Gasteiger partial charge in [-0.05, 0) is 78.9 Å². The molecule has 0 radical (unpaired) electrons. The van der Waals surface area contributed by atoms with Crippen molar-refractivity contribution < 1.29 is 14.3 Å². The number of hydrogen-bond donors (Lipinski definition) is 0. The van der Waals surface area contributed by atoms with Crippen LogP contribution in [0.5, 0.6) is 5.75 Å². The summed E-state index contributed by atoms with van der Waals surface area (Å²) in [7, 11) is 0. The van der Waals surface area contributed by atoms with E-state index >= 15 is 0 Å². The minimum Gasteiger partial charge on any atom is -0.494 e. The summed E-state index contributed by atoms with van der Waals surface area (Å²) < 4.78 is 11.0. The third-order valence-electron chi connectivity index (χ3n) is 5.90. The normalized spacial score (nSPS) is 11.4. The molecular weight excluding hydrogens is 434 g/mol. The lowest BCUT2D eigenvalue weighted by molar-refractivity contribution is -0.137. The van der Waals surface area contributed by atoms with Gasteiger partial charge in [-0.1, -0.05) is 71.3 Å². The summed E-state index contributed by atoms with van der Waals surface area (Å²) in [5, 5.41) is 0. The number of ether oxygens (including phenoxy) is 2. The molecule has 0 aliphatic rings. The Morgan fingerprint density at radius 3 is 2.20 bits per heavy atom. The van der Waals surface area contributed by atoms with Crippen molar-refractivity contribution in [1.29, 1.82) is 0 Å². The fourth-order valence-electron chi connectivity index (χ4n) is 3.68. The number of carbonyl (C=O) groups is 1. The second-order valence-corrected chi connectivity index (χ2v) is 9.05. The Morgan fingerprint density at radius 2 is 1.51 bits per heavy atom. The lowest BCUT2D eigenvalue weighted by atomic mass is 10.1. The van der Waals surface area contributed by atoms with Gasteiger partial charge in [0.1, 0.15) is 5.75 Å². The highest BCUT2D eigenvalue weighted by Gasteiger charge is 2.00. The molecule has 0 unspecified atom stereocenters. The zero-order chi connectivity index (χ0) is 25.1. The monoisotopic (exact) mass is 477 g/mol. The Kier molecular flexibility index (Phi) is 14.2. The van der Waals surface area contributed by atoms with Crippen LogP contribution in [0, 0.1) is 6.92 Å². The minimum atomic E-state index is -0.301. The van der Waals surface area contributed by atoms with Gasteiger partial charge in [-0.2, -0.15) is 0 Å². The van der Waals surface area contributed by atoms with Crippen molar-refractivity contribution in [3.8, 4) is 5.75 Å². The van der Waals surface area contributed by atoms with Gasteiger partial charge in [-0.15, -0.1) is 0 Å². The SMILES string of the molecule is CCCCCCCCCCOc1ccc(C=Nc2ccc(C=CC(=O)OCCCC)c(C)c2)cc1. The molecule has 0 N–H and O–H groups in total. The van der Waals surface area contributed by atoms with Gasteiger partial charge in [-0.3, -0.25) is 4.99 Å². The van der Waals surface area contributed by atoms with E-state index in [-0.39, 0.29) is 5.97 Å². The van der Waals surface area contributed by atoms with Crippen molar-refractivity contribution in [2.24, 2.45) is 4.99 Å². The van der Waals surface area contributed by atoms with Crippen LogP contribution >= 0.6 is 0 Å². The second kappa shape index (κ2) is 17.5. The molecule has 0 bridgehead atoms. The number of esters is 1. The quantitative estimate of drug-likeness (QED) is 0.0991. The van der Waals surface area contributed by atoms with Crippen molar-refractivity contribution in [3.63, 3.8) is 0 Å². The molecule has 4 nitrogen and oxygen atoms in total. The first-order valence-corrected chi connectivity index (χ1v) is 13.3. The molecule has 2 aromatic carbocycles. The van der Waals surface area contributed by atoms with Gasteiger partial charge >= 0.3 is 5.97 Å². The van der Waals surface area contributed by atoms with Crippen LogP contribution in [0.1, 0.15) is 94.7 Å². The third kappa shape index (κ3) is 12.4. The molecule has 0 heterocycles. The summed E-state index contributed by atoms with van der Waals surface area (Å²) in [6.07, 6.45) is 17.5. The lowest BCUT2D eigenvalue weighted by Crippen LogP contribution is -2.01. The van der Waals surface area contributed by atoms with Crippen LogP contribution in [0.15, 0.2) is 53.5 Å². The van der Waals surface area contributed by atoms with Gasteiger partial charge in [0, 0.05) is 12.3 Å². The number of nitrogens with zero attached hydrogens (tertiary/aromatic N) is 1. The van der Waals surface area contributed by atoms with E-state index in [2.05, 4.69) is 18.8 Å². The van der Waals surface area contributed by atoms with Gasteiger partial charge in [0.15, 0.2) is 0 Å². The molecule has 0 atom stereocenters. The first-order valence-electron chi connectivity index (χ1n) is 13.3. The zero-order valence-corrected chi connectivity index (χ0v) is 21.9. The van der Waals surface area contributed by atoms with Crippen molar-refractivity contribution in [1.82, 2.24) is 0 Å². The molecule has 0 saturated carbocycles. The number of aryl methyl sites for hydroxylation is 1. The van der Waals surface area contributed by atoms with Crippen LogP contribution in [-0.4, -0.2) is 25.4 Å². The molecule has 0 aromatic heterocycles. The fraction of sp³-hybridized carbons (Fsp3) is 0.484. The highest BCUT2D eigenvalue weighted by atomic mass is 16.5. The first kappa shape index (κ1) is 28.4. The van der Waals surface area contributed by atoms with Gasteiger partial charge in [0.2, 0.25) is 0 Å². The Labute approximate surface area is 212 Å². The molecule has 0 aliphatic carbocycles. The Balaban J connectivity index is 1.74. The molecule has 4 heteroatoms. The van der Waals surface area contributed by atoms with Crippen molar-refractivity contribution in [3.05, 3.63) is 65.2 Å². The minimum absolute atomic E-state index is 0.301. The summed E-state index contributed by atoms with van der Waals surface area (Å²) in [6, 6.07) is 14.0. The van der Waals surface area contributed by atoms with E-state index in [0.717, 1.165) is 54.0 Å². The maximum absolute atomic E-state index is 11.8. The van der Waals surface area contributed by atoms with E-state index in [1.165, 1.54) is 51.0 Å². The number of carbonyl (C=O) groups excluding carboxylic acids is 1. The Hall–Kier alpha value is -2.88. The topological polar surface area (TPSA) is 47.9 Å². The van der Waals surface area contributed by atoms with Crippen LogP contribution in [0.2, 0.25) is 0 Å². The van der Waals surface area contributed by atoms with Crippen LogP contribution in [-0.2, 0) is 9.53 Å². The molecular formula is C31H43NO3. The van der Waals surface area contributed by atoms with E-state index in [0.29, 0.717) is 6.61 Å². The van der Waals surface area contributed by atoms with E-state index in [1.54, 1.807) is 6.08 Å². The number of rotatable bonds is 17. The molecule has 0 saturated heterocycles. The summed E-state index contributed by atoms with van der Waals surface area (Å²) in [6.45, 7) is 7.59. The molecule has 2 rings (SSSR count). The van der Waals surface area contributed by atoms with Gasteiger partial charge in [-0.25, -0.2) is 4.79 Å². The number of unbranched alkanes of at least 4 members (excludes halogenated alkanes) is 8. The predicted octanol–water partition coefficient (Wildman–Crippen LogP) is 8.62. The standard InChI is InChI=1S/C31H43NO3/c1-4-6-8-9-10-11-12-13-23-34-30-19-14-27(15-20-30)25-32-29-18-16-28(26(3)24-29)17-21-31(33)35-22-7-5-2/h14-21,24-25H,4-13,22-23H2,1-3H3. The summed E-state index contributed by atoms with van der Waals surface area (Å²) in [4.78, 5) is 16.3. The molecule has 0 spiro atoms. The van der Waals surface area contributed by atoms with Crippen LogP contribution in [0.25, 0.3) is 6.08 Å². The fourth-order valence-corrected chi connectivity index (χ4v) is 3.68. The second-order valence-electron chi connectivity index (χ2n) is 9.05. The van der Waals surface area contributed by atoms with E-state index in [4.69, 9.17) is 9.47 Å². The smallest absolute Gasteiger partial charge is 0.330 e. The first-order chi connectivity index (χ1) is 17.1. The van der Waals surface area contributed by atoms with Crippen LogP contribution in [0.4, 0.5) is 5.69 Å². The lowest BCUT2D eigenvalue weighted by Gasteiger charge is -2.06. The average Bonchev–Trinajstić information content (AvgIpc) is 2.87. The predicted molar refractivity (Wildman–Crippen MR) is 148 cm³/mol. The number of benzene rings is 2. The van der Waals surface area contributed by atoms with Crippen LogP contribution < -0.4 is 4.74 Å². The van der Waals surface area contributed by atoms with Gasteiger partial charge < -0.3 is 9.47 Å². The molecule has 35 heavy (non-hydrogen) atoms. The van der Waals surface area contributed by atoms with Gasteiger partial charge in [0.25, 0.3) is 0 Å². The average molecular weight is 478 g/mol. The Morgan fingerprint density at radius 1 is 0.829 bits per heavy atom. The van der Waals surface area contributed by atoms with Gasteiger partial charge in [0.05, 0.1) is 18.9 Å². The zero-order valence-electron chi connectivity index (χ0n) is 21.9. The number of aliphatic imine (C=N–C) groups is 1. The van der Waals surface area contributed by atoms with E-state index < -0.39 is 0 Å². The third-order valence-corrected chi connectivity index (χ3v) is 5.90. The molecule has 0 amide bonds. The largest absolute Gasteiger partial charge is 0.494 e. The van der Waals surface area contributed by atoms with Crippen molar-refractivity contribution in [2.45, 2.75) is 85.0 Å². The Bertz CT molecular complexity index is 915. The summed E-state index contributed by atoms with van der Waals surface area (Å²) in [5.41, 5.74) is 3.94. The highest BCUT2D eigenvalue weighted by Crippen LogP contribution is 2.20.